The quantitative estimate of drug-likeness (QED) is 0.800. The lowest BCUT2D eigenvalue weighted by Crippen LogP contribution is -2.23. The zero-order valence-electron chi connectivity index (χ0n) is 11.3. The molecule has 0 spiro atoms. The first-order chi connectivity index (χ1) is 10.3. The molecule has 8 heteroatoms. The van der Waals surface area contributed by atoms with E-state index in [2.05, 4.69) is 20.6 Å². The van der Waals surface area contributed by atoms with Crippen LogP contribution in [0.2, 0.25) is 0 Å². The zero-order valence-corrected chi connectivity index (χ0v) is 12.1. The normalized spacial score (nSPS) is 10.7. The van der Waals surface area contributed by atoms with Crippen molar-refractivity contribution in [2.45, 2.75) is 13.5 Å². The van der Waals surface area contributed by atoms with Gasteiger partial charge >= 0.3 is 6.09 Å². The highest BCUT2D eigenvalue weighted by atomic mass is 32.1. The maximum absolute atomic E-state index is 11.2. The monoisotopic (exact) mass is 305 g/mol. The van der Waals surface area contributed by atoms with Crippen LogP contribution in [-0.2, 0) is 11.3 Å². The second-order valence-corrected chi connectivity index (χ2v) is 5.15. The molecule has 0 aliphatic rings. The summed E-state index contributed by atoms with van der Waals surface area (Å²) in [6.45, 7) is 2.44. The molecule has 0 aliphatic carbocycles. The second kappa shape index (κ2) is 5.88. The summed E-state index contributed by atoms with van der Waals surface area (Å²) in [5.41, 5.74) is 4.18. The number of carbonyl (C=O) groups is 1. The number of fused-ring (bicyclic) bond motifs is 1. The van der Waals surface area contributed by atoms with Gasteiger partial charge in [-0.2, -0.15) is 0 Å². The Hall–Kier alpha value is -2.48. The molecule has 0 unspecified atom stereocenters. The molecule has 0 radical (unpaired) electrons. The zero-order chi connectivity index (χ0) is 14.7. The van der Waals surface area contributed by atoms with Crippen molar-refractivity contribution in [3.63, 3.8) is 0 Å². The third-order valence-corrected chi connectivity index (χ3v) is 3.60. The Balaban J connectivity index is 0.00000176. The van der Waals surface area contributed by atoms with Crippen molar-refractivity contribution in [3.8, 4) is 5.69 Å². The fraction of sp³-hybridized carbons (Fsp3) is 0.231. The summed E-state index contributed by atoms with van der Waals surface area (Å²) in [6.07, 6.45) is 1.27. The van der Waals surface area contributed by atoms with Crippen molar-refractivity contribution in [1.82, 2.24) is 25.3 Å². The summed E-state index contributed by atoms with van der Waals surface area (Å²) in [5, 5.41) is 10.6. The van der Waals surface area contributed by atoms with Gasteiger partial charge in [0.05, 0.1) is 27.6 Å². The Labute approximate surface area is 126 Å². The predicted molar refractivity (Wildman–Crippen MR) is 80.5 cm³/mol. The van der Waals surface area contributed by atoms with E-state index in [9.17, 15) is 4.79 Å². The average Bonchev–Trinajstić information content (AvgIpc) is 3.13. The van der Waals surface area contributed by atoms with E-state index in [1.807, 2.05) is 25.1 Å². The molecule has 2 aromatic heterocycles. The highest BCUT2D eigenvalue weighted by Gasteiger charge is 2.07. The first-order valence-electron chi connectivity index (χ1n) is 6.41. The van der Waals surface area contributed by atoms with E-state index in [0.29, 0.717) is 12.2 Å². The highest BCUT2D eigenvalue weighted by molar-refractivity contribution is 7.16. The van der Waals surface area contributed by atoms with E-state index in [1.54, 1.807) is 27.7 Å². The molecule has 1 aromatic carbocycles. The summed E-state index contributed by atoms with van der Waals surface area (Å²) in [4.78, 5) is 15.5. The molecule has 0 bridgehead atoms. The van der Waals surface area contributed by atoms with Gasteiger partial charge in [0.15, 0.2) is 0 Å². The first-order valence-corrected chi connectivity index (χ1v) is 7.29. The minimum Gasteiger partial charge on any atom is -0.443 e. The molecule has 21 heavy (non-hydrogen) atoms. The van der Waals surface area contributed by atoms with Crippen LogP contribution >= 0.6 is 11.3 Å². The summed E-state index contributed by atoms with van der Waals surface area (Å²) in [5.74, 6) is 0. The second-order valence-electron chi connectivity index (χ2n) is 4.27. The lowest BCUT2D eigenvalue weighted by atomic mass is 10.3. The number of nitrogens with zero attached hydrogens (tertiary/aromatic N) is 4. The average molecular weight is 305 g/mol. The van der Waals surface area contributed by atoms with E-state index in [4.69, 9.17) is 4.74 Å². The van der Waals surface area contributed by atoms with Crippen LogP contribution in [-0.4, -0.2) is 32.6 Å². The van der Waals surface area contributed by atoms with Gasteiger partial charge in [0.1, 0.15) is 12.3 Å². The van der Waals surface area contributed by atoms with Crippen LogP contribution in [0.1, 0.15) is 14.0 Å². The van der Waals surface area contributed by atoms with Gasteiger partial charge in [-0.15, -0.1) is 16.4 Å². The minimum absolute atomic E-state index is 0. The SMILES string of the molecule is CCNC(=O)OCc1cn(-c2ccc3scnc3c2)nn1.[HH]. The van der Waals surface area contributed by atoms with Crippen molar-refractivity contribution in [2.75, 3.05) is 6.54 Å². The molecule has 0 saturated heterocycles. The van der Waals surface area contributed by atoms with Crippen molar-refractivity contribution >= 4 is 27.6 Å². The maximum atomic E-state index is 11.2. The lowest BCUT2D eigenvalue weighted by Gasteiger charge is -2.02. The molecule has 0 aliphatic heterocycles. The third kappa shape index (κ3) is 3.00. The predicted octanol–water partition coefficient (Wildman–Crippen LogP) is 2.37. The maximum Gasteiger partial charge on any atom is 0.407 e. The number of rotatable bonds is 4. The summed E-state index contributed by atoms with van der Waals surface area (Å²) in [7, 11) is 0. The number of hydrogen-bond acceptors (Lipinski definition) is 6. The van der Waals surface area contributed by atoms with E-state index in [1.165, 1.54) is 0 Å². The highest BCUT2D eigenvalue weighted by Crippen LogP contribution is 2.20. The van der Waals surface area contributed by atoms with Gasteiger partial charge in [0.2, 0.25) is 0 Å². The Morgan fingerprint density at radius 3 is 3.29 bits per heavy atom. The van der Waals surface area contributed by atoms with Crippen LogP contribution in [0, 0.1) is 0 Å². The fourth-order valence-corrected chi connectivity index (χ4v) is 2.47. The molecule has 110 valence electrons. The molecule has 3 rings (SSSR count). The van der Waals surface area contributed by atoms with Crippen molar-refractivity contribution in [1.29, 1.82) is 0 Å². The minimum atomic E-state index is -0.462. The number of aromatic nitrogens is 4. The Bertz CT molecular complexity index is 772. The van der Waals surface area contributed by atoms with Crippen LogP contribution < -0.4 is 5.32 Å². The van der Waals surface area contributed by atoms with E-state index >= 15 is 0 Å². The lowest BCUT2D eigenvalue weighted by molar-refractivity contribution is 0.139. The van der Waals surface area contributed by atoms with Crippen LogP contribution in [0.25, 0.3) is 15.9 Å². The molecule has 0 saturated carbocycles. The topological polar surface area (TPSA) is 81.9 Å². The van der Waals surface area contributed by atoms with Crippen LogP contribution in [0.15, 0.2) is 29.9 Å². The van der Waals surface area contributed by atoms with E-state index in [0.717, 1.165) is 15.9 Å². The summed E-state index contributed by atoms with van der Waals surface area (Å²) in [6, 6.07) is 5.88. The van der Waals surface area contributed by atoms with Crippen molar-refractivity contribution < 1.29 is 11.0 Å². The van der Waals surface area contributed by atoms with Gasteiger partial charge in [0, 0.05) is 7.97 Å². The van der Waals surface area contributed by atoms with Gasteiger partial charge < -0.3 is 10.1 Å². The van der Waals surface area contributed by atoms with Gasteiger partial charge in [-0.3, -0.25) is 0 Å². The fourth-order valence-electron chi connectivity index (χ4n) is 1.81. The molecule has 0 atom stereocenters. The van der Waals surface area contributed by atoms with Gasteiger partial charge in [0.25, 0.3) is 0 Å². The molecular formula is C13H15N5O2S. The number of hydrogen-bond donors (Lipinski definition) is 1. The molecule has 3 aromatic rings. The first kappa shape index (κ1) is 13.5. The summed E-state index contributed by atoms with van der Waals surface area (Å²) < 4.78 is 7.76. The van der Waals surface area contributed by atoms with Gasteiger partial charge in [-0.1, -0.05) is 5.21 Å². The number of nitrogens with one attached hydrogen (secondary N) is 1. The number of benzene rings is 1. The van der Waals surface area contributed by atoms with E-state index in [-0.39, 0.29) is 8.03 Å². The largest absolute Gasteiger partial charge is 0.443 e. The molecule has 7 nitrogen and oxygen atoms in total. The molecule has 1 N–H and O–H groups in total. The number of amides is 1. The van der Waals surface area contributed by atoms with Gasteiger partial charge in [-0.05, 0) is 25.1 Å². The molecule has 2 heterocycles. The number of thiazole rings is 1. The number of carbonyl (C=O) groups excluding carboxylic acids is 1. The third-order valence-electron chi connectivity index (χ3n) is 2.79. The van der Waals surface area contributed by atoms with Crippen LogP contribution in [0.5, 0.6) is 0 Å². The molecular weight excluding hydrogens is 290 g/mol. The van der Waals surface area contributed by atoms with Crippen LogP contribution in [0.4, 0.5) is 4.79 Å². The van der Waals surface area contributed by atoms with E-state index < -0.39 is 6.09 Å². The Morgan fingerprint density at radius 1 is 1.52 bits per heavy atom. The molecule has 0 fully saturated rings. The van der Waals surface area contributed by atoms with Crippen molar-refractivity contribution in [2.24, 2.45) is 0 Å². The standard InChI is InChI=1S/C13H13N5O2S.H2/c1-2-14-13(19)20-7-9-6-18(17-16-9)10-3-4-12-11(5-10)15-8-21-12;/h3-6,8H,2,7H2,1H3,(H,14,19);1H. The van der Waals surface area contributed by atoms with Crippen LogP contribution in [0.3, 0.4) is 0 Å². The summed E-state index contributed by atoms with van der Waals surface area (Å²) >= 11 is 1.59. The number of alkyl carbamates (subject to hydrolysis) is 1. The Morgan fingerprint density at radius 2 is 2.43 bits per heavy atom. The Kier molecular flexibility index (Phi) is 3.78. The molecule has 1 amide bonds. The number of ether oxygens (including phenoxy) is 1. The van der Waals surface area contributed by atoms with Crippen molar-refractivity contribution in [3.05, 3.63) is 35.6 Å². The van der Waals surface area contributed by atoms with Gasteiger partial charge in [-0.25, -0.2) is 14.5 Å². The smallest absolute Gasteiger partial charge is 0.407 e.